The third kappa shape index (κ3) is 9.32. The molecule has 97 valence electrons. The molecular weight excluding hydrogens is 244 g/mol. The molecule has 0 aliphatic heterocycles. The van der Waals surface area contributed by atoms with Crippen molar-refractivity contribution in [1.29, 1.82) is 0 Å². The SMILES string of the molecule is CCCOS(=O)(=O)CO[Si](C)CC(C)(C)C. The quantitative estimate of drug-likeness (QED) is 0.525. The first-order valence-corrected chi connectivity index (χ1v) is 9.18. The van der Waals surface area contributed by atoms with Gasteiger partial charge in [0.05, 0.1) is 6.61 Å². The summed E-state index contributed by atoms with van der Waals surface area (Å²) in [7, 11) is -4.55. The van der Waals surface area contributed by atoms with E-state index in [0.29, 0.717) is 6.42 Å². The molecule has 0 heterocycles. The molecule has 0 aliphatic rings. The molecule has 0 aliphatic carbocycles. The Hall–Kier alpha value is 0.0869. The van der Waals surface area contributed by atoms with Gasteiger partial charge in [0.1, 0.15) is 0 Å². The maximum Gasteiger partial charge on any atom is 0.290 e. The van der Waals surface area contributed by atoms with E-state index in [4.69, 9.17) is 8.61 Å². The average Bonchev–Trinajstić information content (AvgIpc) is 2.09. The van der Waals surface area contributed by atoms with Gasteiger partial charge in [-0.25, -0.2) is 0 Å². The summed E-state index contributed by atoms with van der Waals surface area (Å²) >= 11 is 0. The minimum atomic E-state index is -3.49. The molecule has 16 heavy (non-hydrogen) atoms. The van der Waals surface area contributed by atoms with Crippen LogP contribution in [0.25, 0.3) is 0 Å². The van der Waals surface area contributed by atoms with E-state index in [0.717, 1.165) is 6.04 Å². The Morgan fingerprint density at radius 3 is 2.25 bits per heavy atom. The average molecular weight is 267 g/mol. The Balaban J connectivity index is 3.95. The highest BCUT2D eigenvalue weighted by Gasteiger charge is 2.20. The van der Waals surface area contributed by atoms with Gasteiger partial charge < -0.3 is 4.43 Å². The fourth-order valence-electron chi connectivity index (χ4n) is 1.21. The molecule has 0 N–H and O–H groups in total. The monoisotopic (exact) mass is 267 g/mol. The maximum atomic E-state index is 11.3. The Labute approximate surface area is 101 Å². The molecule has 1 radical (unpaired) electrons. The molecule has 0 saturated carbocycles. The second-order valence-electron chi connectivity index (χ2n) is 5.08. The van der Waals surface area contributed by atoms with Crippen molar-refractivity contribution in [3.8, 4) is 0 Å². The molecule has 4 nitrogen and oxygen atoms in total. The topological polar surface area (TPSA) is 52.6 Å². The van der Waals surface area contributed by atoms with Gasteiger partial charge in [0.2, 0.25) is 9.04 Å². The molecule has 0 saturated heterocycles. The van der Waals surface area contributed by atoms with Crippen LogP contribution in [0.3, 0.4) is 0 Å². The van der Waals surface area contributed by atoms with Crippen LogP contribution in [0.2, 0.25) is 12.6 Å². The normalized spacial score (nSPS) is 13.4. The van der Waals surface area contributed by atoms with Crippen molar-refractivity contribution in [3.63, 3.8) is 0 Å². The molecular formula is C10H23O4SSi. The van der Waals surface area contributed by atoms with E-state index in [9.17, 15) is 8.42 Å². The van der Waals surface area contributed by atoms with Crippen LogP contribution in [-0.4, -0.2) is 30.0 Å². The summed E-state index contributed by atoms with van der Waals surface area (Å²) in [6, 6.07) is 0.918. The lowest BCUT2D eigenvalue weighted by atomic mass is 10.0. The van der Waals surface area contributed by atoms with Crippen molar-refractivity contribution in [2.45, 2.75) is 46.7 Å². The van der Waals surface area contributed by atoms with Gasteiger partial charge in [-0.15, -0.1) is 0 Å². The highest BCUT2D eigenvalue weighted by molar-refractivity contribution is 7.86. The molecule has 0 amide bonds. The molecule has 0 aromatic carbocycles. The molecule has 0 spiro atoms. The molecule has 0 aromatic rings. The van der Waals surface area contributed by atoms with E-state index in [2.05, 4.69) is 20.8 Å². The van der Waals surface area contributed by atoms with Gasteiger partial charge in [-0.3, -0.25) is 4.18 Å². The zero-order valence-corrected chi connectivity index (χ0v) is 12.7. The van der Waals surface area contributed by atoms with E-state index in [1.165, 1.54) is 0 Å². The number of hydrogen-bond acceptors (Lipinski definition) is 4. The summed E-state index contributed by atoms with van der Waals surface area (Å²) in [5.74, 6) is -0.312. The van der Waals surface area contributed by atoms with Crippen molar-refractivity contribution in [1.82, 2.24) is 0 Å². The smallest absolute Gasteiger partial charge is 0.290 e. The van der Waals surface area contributed by atoms with E-state index in [-0.39, 0.29) is 18.0 Å². The maximum absolute atomic E-state index is 11.3. The van der Waals surface area contributed by atoms with E-state index >= 15 is 0 Å². The molecule has 0 aromatic heterocycles. The van der Waals surface area contributed by atoms with Gasteiger partial charge in [0.15, 0.2) is 5.94 Å². The first-order valence-electron chi connectivity index (χ1n) is 5.48. The molecule has 0 bridgehead atoms. The predicted octanol–water partition coefficient (Wildman–Crippen LogP) is 2.38. The van der Waals surface area contributed by atoms with Crippen molar-refractivity contribution >= 4 is 19.2 Å². The van der Waals surface area contributed by atoms with Crippen molar-refractivity contribution < 1.29 is 17.0 Å². The van der Waals surface area contributed by atoms with Crippen molar-refractivity contribution in [3.05, 3.63) is 0 Å². The Morgan fingerprint density at radius 2 is 1.81 bits per heavy atom. The highest BCUT2D eigenvalue weighted by atomic mass is 32.2. The second kappa shape index (κ2) is 6.73. The summed E-state index contributed by atoms with van der Waals surface area (Å²) in [6.07, 6.45) is 0.686. The zero-order chi connectivity index (χ0) is 12.8. The van der Waals surface area contributed by atoms with Gasteiger partial charge in [0.25, 0.3) is 10.1 Å². The number of hydrogen-bond donors (Lipinski definition) is 0. The summed E-state index contributed by atoms with van der Waals surface area (Å²) in [5, 5.41) is 0. The molecule has 6 heteroatoms. The van der Waals surface area contributed by atoms with Crippen LogP contribution in [0, 0.1) is 5.41 Å². The Kier molecular flexibility index (Phi) is 6.77. The van der Waals surface area contributed by atoms with Crippen LogP contribution in [0.15, 0.2) is 0 Å². The summed E-state index contributed by atoms with van der Waals surface area (Å²) < 4.78 is 32.7. The van der Waals surface area contributed by atoms with E-state index < -0.39 is 19.2 Å². The first-order chi connectivity index (χ1) is 7.16. The third-order valence-electron chi connectivity index (χ3n) is 1.70. The zero-order valence-electron chi connectivity index (χ0n) is 10.9. The number of rotatable bonds is 7. The van der Waals surface area contributed by atoms with Crippen LogP contribution < -0.4 is 0 Å². The minimum absolute atomic E-state index is 0.178. The third-order valence-corrected chi connectivity index (χ3v) is 5.03. The lowest BCUT2D eigenvalue weighted by Gasteiger charge is -2.21. The van der Waals surface area contributed by atoms with Crippen molar-refractivity contribution in [2.24, 2.45) is 5.41 Å². The van der Waals surface area contributed by atoms with E-state index in [1.54, 1.807) is 0 Å². The molecule has 0 rings (SSSR count). The van der Waals surface area contributed by atoms with Gasteiger partial charge in [-0.1, -0.05) is 27.7 Å². The lowest BCUT2D eigenvalue weighted by molar-refractivity contribution is 0.284. The predicted molar refractivity (Wildman–Crippen MR) is 67.0 cm³/mol. The van der Waals surface area contributed by atoms with E-state index in [1.807, 2.05) is 13.5 Å². The summed E-state index contributed by atoms with van der Waals surface area (Å²) in [4.78, 5) is 0. The van der Waals surface area contributed by atoms with Gasteiger partial charge >= 0.3 is 0 Å². The fourth-order valence-corrected chi connectivity index (χ4v) is 4.68. The first kappa shape index (κ1) is 16.1. The molecule has 0 fully saturated rings. The van der Waals surface area contributed by atoms with Crippen LogP contribution in [-0.2, 0) is 18.7 Å². The second-order valence-corrected chi connectivity index (χ2v) is 8.71. The Morgan fingerprint density at radius 1 is 1.25 bits per heavy atom. The fraction of sp³-hybridized carbons (Fsp3) is 1.00. The van der Waals surface area contributed by atoms with Crippen LogP contribution in [0.4, 0.5) is 0 Å². The summed E-state index contributed by atoms with van der Waals surface area (Å²) in [5.41, 5.74) is 0.178. The van der Waals surface area contributed by atoms with Crippen LogP contribution in [0.5, 0.6) is 0 Å². The molecule has 0 atom stereocenters. The largest absolute Gasteiger partial charge is 0.401 e. The van der Waals surface area contributed by atoms with Crippen LogP contribution in [0.1, 0.15) is 34.1 Å². The minimum Gasteiger partial charge on any atom is -0.401 e. The highest BCUT2D eigenvalue weighted by Crippen LogP contribution is 2.22. The molecule has 0 unspecified atom stereocenters. The van der Waals surface area contributed by atoms with Gasteiger partial charge in [0, 0.05) is 0 Å². The van der Waals surface area contributed by atoms with Crippen LogP contribution >= 0.6 is 0 Å². The summed E-state index contributed by atoms with van der Waals surface area (Å²) in [6.45, 7) is 10.4. The lowest BCUT2D eigenvalue weighted by Crippen LogP contribution is -2.25. The van der Waals surface area contributed by atoms with Gasteiger partial charge in [-0.05, 0) is 24.4 Å². The van der Waals surface area contributed by atoms with Crippen molar-refractivity contribution in [2.75, 3.05) is 12.5 Å². The van der Waals surface area contributed by atoms with Gasteiger partial charge in [-0.2, -0.15) is 8.42 Å². The standard InChI is InChI=1S/C10H23O4SSi/c1-6-7-13-15(11,12)9-14-16(5)8-10(2,3)4/h6-9H2,1-5H3. The Bertz CT molecular complexity index is 282.